The molecule has 5 heteroatoms. The molecule has 29 heavy (non-hydrogen) atoms. The van der Waals surface area contributed by atoms with E-state index in [1.165, 1.54) is 0 Å². The Bertz CT molecular complexity index is 1150. The molecule has 144 valence electrons. The fourth-order valence-corrected chi connectivity index (χ4v) is 4.05. The van der Waals surface area contributed by atoms with E-state index in [2.05, 4.69) is 26.7 Å². The summed E-state index contributed by atoms with van der Waals surface area (Å²) in [6.07, 6.45) is 9.74. The number of hydrogen-bond donors (Lipinski definition) is 0. The molecule has 4 aromatic rings. The smallest absolute Gasteiger partial charge is 0.253 e. The van der Waals surface area contributed by atoms with Gasteiger partial charge in [0.2, 0.25) is 0 Å². The van der Waals surface area contributed by atoms with E-state index in [0.717, 1.165) is 59.2 Å². The minimum absolute atomic E-state index is 0.140. The highest BCUT2D eigenvalue weighted by Crippen LogP contribution is 2.27. The van der Waals surface area contributed by atoms with Gasteiger partial charge < -0.3 is 9.47 Å². The highest BCUT2D eigenvalue weighted by molar-refractivity contribution is 5.95. The third-order valence-corrected chi connectivity index (χ3v) is 5.58. The summed E-state index contributed by atoms with van der Waals surface area (Å²) in [4.78, 5) is 23.3. The van der Waals surface area contributed by atoms with Gasteiger partial charge in [-0.2, -0.15) is 0 Å². The van der Waals surface area contributed by atoms with Gasteiger partial charge in [-0.15, -0.1) is 0 Å². The lowest BCUT2D eigenvalue weighted by atomic mass is 10.1. The minimum atomic E-state index is 0.140. The lowest BCUT2D eigenvalue weighted by Crippen LogP contribution is -2.27. The number of carbonyl (C=O) groups is 1. The molecule has 1 aliphatic heterocycles. The molecule has 0 radical (unpaired) electrons. The van der Waals surface area contributed by atoms with Gasteiger partial charge >= 0.3 is 0 Å². The standard InChI is InChI=1S/C24H22N4O/c29-24(27-13-1-2-14-27)19-8-6-18(7-9-19)17-28-15-12-26-23(28)22-5-3-4-20-16-25-11-10-21(20)22/h3-12,15-16H,1-2,13-14,17H2. The van der Waals surface area contributed by atoms with Crippen LogP contribution in [0, 0.1) is 0 Å². The summed E-state index contributed by atoms with van der Waals surface area (Å²) in [5, 5.41) is 2.24. The van der Waals surface area contributed by atoms with E-state index >= 15 is 0 Å². The quantitative estimate of drug-likeness (QED) is 0.526. The summed E-state index contributed by atoms with van der Waals surface area (Å²) < 4.78 is 2.15. The number of carbonyl (C=O) groups excluding carboxylic acids is 1. The molecule has 0 spiro atoms. The summed E-state index contributed by atoms with van der Waals surface area (Å²) in [7, 11) is 0. The van der Waals surface area contributed by atoms with Crippen LogP contribution in [0.2, 0.25) is 0 Å². The average molecular weight is 382 g/mol. The number of imidazole rings is 1. The Kier molecular flexibility index (Phi) is 4.56. The fraction of sp³-hybridized carbons (Fsp3) is 0.208. The van der Waals surface area contributed by atoms with Crippen molar-refractivity contribution in [2.45, 2.75) is 19.4 Å². The van der Waals surface area contributed by atoms with Crippen molar-refractivity contribution in [3.63, 3.8) is 0 Å². The van der Waals surface area contributed by atoms with Gasteiger partial charge in [0.25, 0.3) is 5.91 Å². The first-order chi connectivity index (χ1) is 14.3. The van der Waals surface area contributed by atoms with Gasteiger partial charge in [0, 0.05) is 60.9 Å². The van der Waals surface area contributed by atoms with Crippen LogP contribution in [-0.4, -0.2) is 38.4 Å². The molecule has 0 bridgehead atoms. The predicted molar refractivity (Wildman–Crippen MR) is 114 cm³/mol. The van der Waals surface area contributed by atoms with Crippen LogP contribution in [0.25, 0.3) is 22.2 Å². The van der Waals surface area contributed by atoms with Crippen molar-refractivity contribution in [2.75, 3.05) is 13.1 Å². The van der Waals surface area contributed by atoms with Crippen molar-refractivity contribution in [1.82, 2.24) is 19.4 Å². The van der Waals surface area contributed by atoms with Crippen molar-refractivity contribution >= 4 is 16.7 Å². The maximum atomic E-state index is 12.5. The Labute approximate surface area is 169 Å². The molecule has 1 aliphatic rings. The van der Waals surface area contributed by atoms with Gasteiger partial charge in [-0.05, 0) is 42.0 Å². The van der Waals surface area contributed by atoms with E-state index in [1.54, 1.807) is 0 Å². The number of hydrogen-bond acceptors (Lipinski definition) is 3. The molecule has 1 saturated heterocycles. The first-order valence-corrected chi connectivity index (χ1v) is 10.0. The Hall–Kier alpha value is -3.47. The Morgan fingerprint density at radius 1 is 0.966 bits per heavy atom. The molecular weight excluding hydrogens is 360 g/mol. The zero-order valence-electron chi connectivity index (χ0n) is 16.2. The molecule has 1 amide bonds. The maximum Gasteiger partial charge on any atom is 0.253 e. The molecule has 2 aromatic heterocycles. The predicted octanol–water partition coefficient (Wildman–Crippen LogP) is 4.38. The molecule has 5 nitrogen and oxygen atoms in total. The normalized spacial score (nSPS) is 13.9. The van der Waals surface area contributed by atoms with Gasteiger partial charge in [-0.1, -0.05) is 30.3 Å². The Morgan fingerprint density at radius 3 is 2.62 bits per heavy atom. The van der Waals surface area contributed by atoms with Crippen molar-refractivity contribution in [1.29, 1.82) is 0 Å². The van der Waals surface area contributed by atoms with Crippen LogP contribution in [0.5, 0.6) is 0 Å². The molecule has 0 atom stereocenters. The highest BCUT2D eigenvalue weighted by atomic mass is 16.2. The molecule has 0 N–H and O–H groups in total. The largest absolute Gasteiger partial charge is 0.339 e. The molecule has 2 aromatic carbocycles. The number of amides is 1. The van der Waals surface area contributed by atoms with Crippen molar-refractivity contribution in [3.05, 3.63) is 84.4 Å². The van der Waals surface area contributed by atoms with E-state index in [-0.39, 0.29) is 5.91 Å². The number of aromatic nitrogens is 3. The number of fused-ring (bicyclic) bond motifs is 1. The van der Waals surface area contributed by atoms with E-state index in [4.69, 9.17) is 0 Å². The lowest BCUT2D eigenvalue weighted by Gasteiger charge is -2.15. The molecule has 0 unspecified atom stereocenters. The van der Waals surface area contributed by atoms with Crippen molar-refractivity contribution in [2.24, 2.45) is 0 Å². The molecule has 5 rings (SSSR count). The van der Waals surface area contributed by atoms with Crippen LogP contribution in [-0.2, 0) is 6.54 Å². The van der Waals surface area contributed by atoms with E-state index < -0.39 is 0 Å². The Morgan fingerprint density at radius 2 is 1.79 bits per heavy atom. The topological polar surface area (TPSA) is 51.0 Å². The summed E-state index contributed by atoms with van der Waals surface area (Å²) in [5.74, 6) is 1.07. The first kappa shape index (κ1) is 17.6. The second kappa shape index (κ2) is 7.51. The number of pyridine rings is 1. The Balaban J connectivity index is 1.41. The maximum absolute atomic E-state index is 12.5. The highest BCUT2D eigenvalue weighted by Gasteiger charge is 2.19. The van der Waals surface area contributed by atoms with Gasteiger partial charge in [0.1, 0.15) is 5.82 Å². The van der Waals surface area contributed by atoms with Crippen LogP contribution in [0.4, 0.5) is 0 Å². The molecule has 1 fully saturated rings. The number of benzene rings is 2. The second-order valence-electron chi connectivity index (χ2n) is 7.48. The van der Waals surface area contributed by atoms with Crippen LogP contribution in [0.15, 0.2) is 73.3 Å². The minimum Gasteiger partial charge on any atom is -0.339 e. The van der Waals surface area contributed by atoms with Crippen LogP contribution < -0.4 is 0 Å². The number of nitrogens with zero attached hydrogens (tertiary/aromatic N) is 4. The summed E-state index contributed by atoms with van der Waals surface area (Å²) >= 11 is 0. The van der Waals surface area contributed by atoms with Crippen LogP contribution in [0.1, 0.15) is 28.8 Å². The first-order valence-electron chi connectivity index (χ1n) is 10.0. The molecule has 3 heterocycles. The zero-order chi connectivity index (χ0) is 19.6. The van der Waals surface area contributed by atoms with E-state index in [9.17, 15) is 4.79 Å². The molecule has 0 aliphatic carbocycles. The SMILES string of the molecule is O=C(c1ccc(Cn2ccnc2-c2cccc3cnccc23)cc1)N1CCCC1. The third-order valence-electron chi connectivity index (χ3n) is 5.58. The van der Waals surface area contributed by atoms with Gasteiger partial charge in [-0.3, -0.25) is 9.78 Å². The molecular formula is C24H22N4O. The second-order valence-corrected chi connectivity index (χ2v) is 7.48. The average Bonchev–Trinajstić information content (AvgIpc) is 3.46. The van der Waals surface area contributed by atoms with Crippen molar-refractivity contribution in [3.8, 4) is 11.4 Å². The third kappa shape index (κ3) is 3.40. The summed E-state index contributed by atoms with van der Waals surface area (Å²) in [5.41, 5.74) is 3.00. The van der Waals surface area contributed by atoms with E-state index in [0.29, 0.717) is 6.54 Å². The monoisotopic (exact) mass is 382 g/mol. The van der Waals surface area contributed by atoms with Gasteiger partial charge in [-0.25, -0.2) is 4.98 Å². The van der Waals surface area contributed by atoms with Gasteiger partial charge in [0.05, 0.1) is 0 Å². The van der Waals surface area contributed by atoms with Crippen LogP contribution in [0.3, 0.4) is 0 Å². The number of rotatable bonds is 4. The summed E-state index contributed by atoms with van der Waals surface area (Å²) in [6.45, 7) is 2.45. The number of likely N-dealkylation sites (tertiary alicyclic amines) is 1. The molecule has 0 saturated carbocycles. The summed E-state index contributed by atoms with van der Waals surface area (Å²) in [6, 6.07) is 16.2. The van der Waals surface area contributed by atoms with Crippen LogP contribution >= 0.6 is 0 Å². The van der Waals surface area contributed by atoms with Crippen molar-refractivity contribution < 1.29 is 4.79 Å². The fourth-order valence-electron chi connectivity index (χ4n) is 4.05. The van der Waals surface area contributed by atoms with E-state index in [1.807, 2.05) is 66.1 Å². The zero-order valence-corrected chi connectivity index (χ0v) is 16.2. The van der Waals surface area contributed by atoms with Gasteiger partial charge in [0.15, 0.2) is 0 Å². The lowest BCUT2D eigenvalue weighted by molar-refractivity contribution is 0.0793.